The van der Waals surface area contributed by atoms with Gasteiger partial charge in [0.2, 0.25) is 0 Å². The smallest absolute Gasteiger partial charge is 0.191 e. The Bertz CT molecular complexity index is 590. The summed E-state index contributed by atoms with van der Waals surface area (Å²) in [5.41, 5.74) is 2.01. The first kappa shape index (κ1) is 20.2. The molecular weight excluding hydrogens is 445 g/mol. The molecule has 2 aromatic rings. The Kier molecular flexibility index (Phi) is 9.54. The molecule has 0 aliphatic heterocycles. The van der Waals surface area contributed by atoms with Gasteiger partial charge >= 0.3 is 0 Å². The summed E-state index contributed by atoms with van der Waals surface area (Å²) >= 11 is 7.51. The quantitative estimate of drug-likeness (QED) is 0.345. The van der Waals surface area contributed by atoms with E-state index in [1.54, 1.807) is 23.5 Å². The zero-order chi connectivity index (χ0) is 15.8. The molecule has 1 aromatic carbocycles. The van der Waals surface area contributed by atoms with Crippen LogP contribution in [0, 0.1) is 0 Å². The summed E-state index contributed by atoms with van der Waals surface area (Å²) in [6.07, 6.45) is -0.609. The summed E-state index contributed by atoms with van der Waals surface area (Å²) in [5, 5.41) is 21.3. The van der Waals surface area contributed by atoms with Gasteiger partial charge in [0.05, 0.1) is 12.6 Å². The lowest BCUT2D eigenvalue weighted by Crippen LogP contribution is -2.39. The first-order chi connectivity index (χ1) is 10.7. The van der Waals surface area contributed by atoms with Gasteiger partial charge in [-0.25, -0.2) is 4.99 Å². The number of thiophene rings is 1. The van der Waals surface area contributed by atoms with Crippen LogP contribution >= 0.6 is 46.9 Å². The van der Waals surface area contributed by atoms with Crippen molar-refractivity contribution in [2.75, 3.05) is 13.1 Å². The maximum Gasteiger partial charge on any atom is 0.191 e. The second-order valence-corrected chi connectivity index (χ2v) is 5.99. The third-order valence-electron chi connectivity index (χ3n) is 3.06. The molecule has 0 bridgehead atoms. The van der Waals surface area contributed by atoms with Gasteiger partial charge in [-0.15, -0.1) is 24.0 Å². The number of rotatable bonds is 6. The minimum Gasteiger partial charge on any atom is -0.387 e. The van der Waals surface area contributed by atoms with Crippen LogP contribution in [0.1, 0.15) is 24.2 Å². The Morgan fingerprint density at radius 3 is 2.61 bits per heavy atom. The predicted octanol–water partition coefficient (Wildman–Crippen LogP) is 3.81. The largest absolute Gasteiger partial charge is 0.387 e. The van der Waals surface area contributed by atoms with Crippen molar-refractivity contribution in [2.45, 2.75) is 19.6 Å². The molecule has 1 atom stereocenters. The van der Waals surface area contributed by atoms with Crippen LogP contribution in [0.25, 0.3) is 0 Å². The molecule has 0 saturated carbocycles. The molecule has 0 saturated heterocycles. The van der Waals surface area contributed by atoms with Gasteiger partial charge in [0, 0.05) is 18.1 Å². The summed E-state index contributed by atoms with van der Waals surface area (Å²) in [5.74, 6) is 0.696. The molecule has 2 rings (SSSR count). The zero-order valence-corrected chi connectivity index (χ0v) is 16.7. The summed E-state index contributed by atoms with van der Waals surface area (Å²) in [7, 11) is 0. The molecule has 0 aliphatic rings. The van der Waals surface area contributed by atoms with Crippen molar-refractivity contribution < 1.29 is 5.11 Å². The van der Waals surface area contributed by atoms with Crippen LogP contribution in [0.3, 0.4) is 0 Å². The lowest BCUT2D eigenvalue weighted by atomic mass is 10.1. The molecule has 1 heterocycles. The summed E-state index contributed by atoms with van der Waals surface area (Å²) in [4.78, 5) is 4.50. The van der Waals surface area contributed by atoms with E-state index in [0.29, 0.717) is 24.1 Å². The van der Waals surface area contributed by atoms with Gasteiger partial charge in [0.1, 0.15) is 0 Å². The lowest BCUT2D eigenvalue weighted by Gasteiger charge is -2.15. The Balaban J connectivity index is 0.00000264. The molecule has 0 radical (unpaired) electrons. The summed E-state index contributed by atoms with van der Waals surface area (Å²) in [6, 6.07) is 9.25. The van der Waals surface area contributed by atoms with Crippen molar-refractivity contribution in [2.24, 2.45) is 4.99 Å². The van der Waals surface area contributed by atoms with Crippen LogP contribution in [0.2, 0.25) is 5.02 Å². The number of aliphatic hydroxyl groups excluding tert-OH is 1. The summed E-state index contributed by atoms with van der Waals surface area (Å²) < 4.78 is 0. The minimum absolute atomic E-state index is 0. The van der Waals surface area contributed by atoms with E-state index in [2.05, 4.69) is 27.1 Å². The molecule has 7 heteroatoms. The average Bonchev–Trinajstić information content (AvgIpc) is 3.04. The topological polar surface area (TPSA) is 56.7 Å². The number of aliphatic imine (C=N–C) groups is 1. The zero-order valence-electron chi connectivity index (χ0n) is 12.8. The van der Waals surface area contributed by atoms with Crippen molar-refractivity contribution >= 4 is 52.9 Å². The fourth-order valence-corrected chi connectivity index (χ4v) is 2.68. The van der Waals surface area contributed by atoms with Gasteiger partial charge in [-0.2, -0.15) is 11.3 Å². The number of hydrogen-bond acceptors (Lipinski definition) is 3. The van der Waals surface area contributed by atoms with Crippen LogP contribution in [-0.4, -0.2) is 24.2 Å². The van der Waals surface area contributed by atoms with Crippen LogP contribution in [0.5, 0.6) is 0 Å². The normalized spacial score (nSPS) is 12.4. The number of aliphatic hydroxyl groups is 1. The Labute approximate surface area is 163 Å². The SMILES string of the molecule is CCNC(=NCc1ccsc1)NCC(O)c1ccc(Cl)cc1.I. The van der Waals surface area contributed by atoms with Crippen LogP contribution < -0.4 is 10.6 Å². The van der Waals surface area contributed by atoms with E-state index in [1.807, 2.05) is 24.4 Å². The first-order valence-electron chi connectivity index (χ1n) is 7.16. The predicted molar refractivity (Wildman–Crippen MR) is 109 cm³/mol. The number of guanidine groups is 1. The fourth-order valence-electron chi connectivity index (χ4n) is 1.89. The third kappa shape index (κ3) is 7.07. The van der Waals surface area contributed by atoms with Crippen molar-refractivity contribution in [3.05, 3.63) is 57.2 Å². The van der Waals surface area contributed by atoms with Gasteiger partial charge in [-0.05, 0) is 47.0 Å². The molecule has 0 amide bonds. The van der Waals surface area contributed by atoms with Crippen LogP contribution in [0.4, 0.5) is 0 Å². The highest BCUT2D eigenvalue weighted by Gasteiger charge is 2.08. The monoisotopic (exact) mass is 465 g/mol. The molecule has 4 nitrogen and oxygen atoms in total. The van der Waals surface area contributed by atoms with E-state index in [-0.39, 0.29) is 24.0 Å². The number of halogens is 2. The highest BCUT2D eigenvalue weighted by molar-refractivity contribution is 14.0. The first-order valence-corrected chi connectivity index (χ1v) is 8.48. The highest BCUT2D eigenvalue weighted by atomic mass is 127. The van der Waals surface area contributed by atoms with E-state index >= 15 is 0 Å². The van der Waals surface area contributed by atoms with Crippen molar-refractivity contribution in [1.82, 2.24) is 10.6 Å². The number of benzene rings is 1. The number of nitrogens with zero attached hydrogens (tertiary/aromatic N) is 1. The van der Waals surface area contributed by atoms with Crippen molar-refractivity contribution in [3.8, 4) is 0 Å². The van der Waals surface area contributed by atoms with Crippen LogP contribution in [-0.2, 0) is 6.54 Å². The minimum atomic E-state index is -0.609. The maximum atomic E-state index is 10.2. The van der Waals surface area contributed by atoms with E-state index in [4.69, 9.17) is 11.6 Å². The number of nitrogens with one attached hydrogen (secondary N) is 2. The van der Waals surface area contributed by atoms with Gasteiger partial charge in [0.25, 0.3) is 0 Å². The molecule has 3 N–H and O–H groups in total. The molecular formula is C16H21ClIN3OS. The Morgan fingerprint density at radius 2 is 2.00 bits per heavy atom. The third-order valence-corrected chi connectivity index (χ3v) is 4.05. The standard InChI is InChI=1S/C16H20ClN3OS.HI/c1-2-18-16(19-9-12-7-8-22-11-12)20-10-15(21)13-3-5-14(17)6-4-13;/h3-8,11,15,21H,2,9-10H2,1H3,(H2,18,19,20);1H. The number of hydrogen-bond donors (Lipinski definition) is 3. The molecule has 0 spiro atoms. The summed E-state index contributed by atoms with van der Waals surface area (Å²) in [6.45, 7) is 3.79. The Morgan fingerprint density at radius 1 is 1.26 bits per heavy atom. The Hall–Kier alpha value is -0.830. The van der Waals surface area contributed by atoms with Gasteiger partial charge in [-0.1, -0.05) is 23.7 Å². The van der Waals surface area contributed by atoms with E-state index in [0.717, 1.165) is 12.1 Å². The van der Waals surface area contributed by atoms with Gasteiger partial charge < -0.3 is 15.7 Å². The molecule has 0 aliphatic carbocycles. The molecule has 23 heavy (non-hydrogen) atoms. The molecule has 126 valence electrons. The molecule has 1 unspecified atom stereocenters. The lowest BCUT2D eigenvalue weighted by molar-refractivity contribution is 0.181. The van der Waals surface area contributed by atoms with E-state index in [9.17, 15) is 5.11 Å². The maximum absolute atomic E-state index is 10.2. The van der Waals surface area contributed by atoms with Gasteiger partial charge in [0.15, 0.2) is 5.96 Å². The van der Waals surface area contributed by atoms with Gasteiger partial charge in [-0.3, -0.25) is 0 Å². The van der Waals surface area contributed by atoms with Crippen molar-refractivity contribution in [3.63, 3.8) is 0 Å². The van der Waals surface area contributed by atoms with E-state index in [1.165, 1.54) is 5.56 Å². The van der Waals surface area contributed by atoms with Crippen molar-refractivity contribution in [1.29, 1.82) is 0 Å². The van der Waals surface area contributed by atoms with Crippen LogP contribution in [0.15, 0.2) is 46.1 Å². The second kappa shape index (κ2) is 10.9. The highest BCUT2D eigenvalue weighted by Crippen LogP contribution is 2.15. The van der Waals surface area contributed by atoms with E-state index < -0.39 is 6.10 Å². The fraction of sp³-hybridized carbons (Fsp3) is 0.312. The average molecular weight is 466 g/mol. The second-order valence-electron chi connectivity index (χ2n) is 4.78. The molecule has 0 fully saturated rings. The molecule has 1 aromatic heterocycles.